The Kier molecular flexibility index (Phi) is 5.23. The van der Waals surface area contributed by atoms with E-state index in [1.165, 1.54) is 0 Å². The normalized spacial score (nSPS) is 17.3. The van der Waals surface area contributed by atoms with Crippen molar-refractivity contribution in [3.63, 3.8) is 0 Å². The predicted octanol–water partition coefficient (Wildman–Crippen LogP) is 4.56. The molecule has 0 saturated carbocycles. The Morgan fingerprint density at radius 2 is 1.94 bits per heavy atom. The Morgan fingerprint density at radius 3 is 2.69 bits per heavy atom. The number of carbonyl (C=O) groups is 2. The molecule has 5 rings (SSSR count). The van der Waals surface area contributed by atoms with E-state index in [1.807, 2.05) is 49.4 Å². The number of nitrogens with zero attached hydrogens (tertiary/aromatic N) is 2. The summed E-state index contributed by atoms with van der Waals surface area (Å²) in [6, 6.07) is 16.7. The number of Topliss-reactive ketones (excluding diaryl/α,β-unsaturated/α-hetero) is 1. The maximum atomic E-state index is 13.1. The van der Waals surface area contributed by atoms with Gasteiger partial charge in [-0.25, -0.2) is 4.68 Å². The molecular formula is C25H24N4O3. The quantitative estimate of drug-likeness (QED) is 0.622. The lowest BCUT2D eigenvalue weighted by Crippen LogP contribution is -2.32. The van der Waals surface area contributed by atoms with Gasteiger partial charge in [-0.1, -0.05) is 30.3 Å². The van der Waals surface area contributed by atoms with Crippen LogP contribution in [0.3, 0.4) is 0 Å². The molecule has 1 aliphatic carbocycles. The van der Waals surface area contributed by atoms with E-state index >= 15 is 0 Å². The second-order valence-corrected chi connectivity index (χ2v) is 7.87. The number of fused-ring (bicyclic) bond motifs is 1. The summed E-state index contributed by atoms with van der Waals surface area (Å²) >= 11 is 0. The van der Waals surface area contributed by atoms with Crippen molar-refractivity contribution >= 4 is 23.2 Å². The van der Waals surface area contributed by atoms with Gasteiger partial charge in [0.2, 0.25) is 0 Å². The minimum atomic E-state index is -0.345. The van der Waals surface area contributed by atoms with Gasteiger partial charge in [0.25, 0.3) is 5.91 Å². The third-order valence-corrected chi connectivity index (χ3v) is 5.82. The van der Waals surface area contributed by atoms with Crippen molar-refractivity contribution in [1.29, 1.82) is 0 Å². The van der Waals surface area contributed by atoms with Gasteiger partial charge in [0.05, 0.1) is 12.8 Å². The van der Waals surface area contributed by atoms with Crippen LogP contribution in [0.1, 0.15) is 48.1 Å². The maximum Gasteiger partial charge on any atom is 0.261 e. The van der Waals surface area contributed by atoms with E-state index in [9.17, 15) is 9.59 Å². The molecule has 1 aliphatic heterocycles. The van der Waals surface area contributed by atoms with Crippen LogP contribution in [0.4, 0.5) is 11.5 Å². The van der Waals surface area contributed by atoms with E-state index in [0.717, 1.165) is 35.4 Å². The van der Waals surface area contributed by atoms with Gasteiger partial charge in [-0.3, -0.25) is 9.59 Å². The summed E-state index contributed by atoms with van der Waals surface area (Å²) in [5, 5.41) is 10.8. The van der Waals surface area contributed by atoms with Crippen LogP contribution in [-0.2, 0) is 4.79 Å². The molecule has 7 heteroatoms. The monoisotopic (exact) mass is 428 g/mol. The zero-order valence-electron chi connectivity index (χ0n) is 17.8. The molecule has 7 nitrogen and oxygen atoms in total. The van der Waals surface area contributed by atoms with Crippen molar-refractivity contribution < 1.29 is 14.3 Å². The van der Waals surface area contributed by atoms with Crippen LogP contribution in [0.5, 0.6) is 5.75 Å². The van der Waals surface area contributed by atoms with Crippen LogP contribution < -0.4 is 15.4 Å². The molecule has 32 heavy (non-hydrogen) atoms. The van der Waals surface area contributed by atoms with Crippen molar-refractivity contribution in [2.24, 2.45) is 0 Å². The first-order valence-electron chi connectivity index (χ1n) is 10.9. The standard InChI is InChI=1S/C25H24N4O3/c1-2-32-18-13-11-17(12-14-18)27-25(31)19-15-26-29-23(16-7-4-3-5-8-16)22-20(28-24(19)29)9-6-10-21(22)30/h3-5,7-8,11-15,23,28H,2,6,9-10H2,1H3,(H,27,31). The lowest BCUT2D eigenvalue weighted by atomic mass is 9.85. The molecule has 1 amide bonds. The highest BCUT2D eigenvalue weighted by molar-refractivity contribution is 6.08. The number of hydrogen-bond donors (Lipinski definition) is 2. The first-order chi connectivity index (χ1) is 15.7. The molecule has 2 aromatic carbocycles. The van der Waals surface area contributed by atoms with Gasteiger partial charge in [-0.05, 0) is 49.6 Å². The Balaban J connectivity index is 1.49. The lowest BCUT2D eigenvalue weighted by molar-refractivity contribution is -0.116. The van der Waals surface area contributed by atoms with Gasteiger partial charge in [-0.15, -0.1) is 0 Å². The van der Waals surface area contributed by atoms with Crippen LogP contribution in [-0.4, -0.2) is 28.1 Å². The Bertz CT molecular complexity index is 1200. The molecule has 0 spiro atoms. The first kappa shape index (κ1) is 20.1. The average molecular weight is 428 g/mol. The molecule has 1 aromatic heterocycles. The number of benzene rings is 2. The SMILES string of the molecule is CCOc1ccc(NC(=O)c2cnn3c2NC2=C(C(=O)CCC2)C3c2ccccc2)cc1. The van der Waals surface area contributed by atoms with Gasteiger partial charge in [0, 0.05) is 23.4 Å². The van der Waals surface area contributed by atoms with E-state index < -0.39 is 0 Å². The number of ether oxygens (including phenoxy) is 1. The minimum absolute atomic E-state index is 0.133. The van der Waals surface area contributed by atoms with E-state index in [2.05, 4.69) is 15.7 Å². The van der Waals surface area contributed by atoms with Crippen molar-refractivity contribution in [3.8, 4) is 5.75 Å². The van der Waals surface area contributed by atoms with Gasteiger partial charge >= 0.3 is 0 Å². The molecule has 1 atom stereocenters. The Morgan fingerprint density at radius 1 is 1.16 bits per heavy atom. The van der Waals surface area contributed by atoms with Gasteiger partial charge < -0.3 is 15.4 Å². The first-order valence-corrected chi connectivity index (χ1v) is 10.9. The Hall–Kier alpha value is -3.87. The van der Waals surface area contributed by atoms with Crippen LogP contribution in [0.25, 0.3) is 0 Å². The predicted molar refractivity (Wildman–Crippen MR) is 122 cm³/mol. The summed E-state index contributed by atoms with van der Waals surface area (Å²) in [4.78, 5) is 26.0. The van der Waals surface area contributed by atoms with Gasteiger partial charge in [0.1, 0.15) is 23.2 Å². The molecule has 3 aromatic rings. The summed E-state index contributed by atoms with van der Waals surface area (Å²) in [5.74, 6) is 1.23. The van der Waals surface area contributed by atoms with Gasteiger partial charge in [-0.2, -0.15) is 5.10 Å². The van der Waals surface area contributed by atoms with Crippen LogP contribution in [0, 0.1) is 0 Å². The summed E-state index contributed by atoms with van der Waals surface area (Å²) in [7, 11) is 0. The molecule has 2 aliphatic rings. The van der Waals surface area contributed by atoms with E-state index in [-0.39, 0.29) is 17.7 Å². The summed E-state index contributed by atoms with van der Waals surface area (Å²) in [6.45, 7) is 2.51. The van der Waals surface area contributed by atoms with E-state index in [0.29, 0.717) is 30.1 Å². The molecular weight excluding hydrogens is 404 g/mol. The number of anilines is 2. The van der Waals surface area contributed by atoms with E-state index in [4.69, 9.17) is 4.74 Å². The number of allylic oxidation sites excluding steroid dienone is 2. The lowest BCUT2D eigenvalue weighted by Gasteiger charge is -2.33. The fourth-order valence-corrected chi connectivity index (χ4v) is 4.37. The fraction of sp³-hybridized carbons (Fsp3) is 0.240. The number of nitrogens with one attached hydrogen (secondary N) is 2. The molecule has 0 fully saturated rings. The zero-order valence-corrected chi connectivity index (χ0v) is 17.8. The molecule has 162 valence electrons. The third kappa shape index (κ3) is 3.56. The number of hydrogen-bond acceptors (Lipinski definition) is 5. The smallest absolute Gasteiger partial charge is 0.261 e. The summed E-state index contributed by atoms with van der Waals surface area (Å²) in [6.07, 6.45) is 3.67. The highest BCUT2D eigenvalue weighted by Gasteiger charge is 2.37. The molecule has 2 heterocycles. The zero-order chi connectivity index (χ0) is 22.1. The number of ketones is 1. The topological polar surface area (TPSA) is 85.2 Å². The number of aromatic nitrogens is 2. The molecule has 1 unspecified atom stereocenters. The number of carbonyl (C=O) groups excluding carboxylic acids is 2. The summed E-state index contributed by atoms with van der Waals surface area (Å²) in [5.41, 5.74) is 3.71. The average Bonchev–Trinajstić information content (AvgIpc) is 3.24. The molecule has 0 saturated heterocycles. The van der Waals surface area contributed by atoms with Crippen molar-refractivity contribution in [3.05, 3.63) is 83.2 Å². The minimum Gasteiger partial charge on any atom is -0.494 e. The van der Waals surface area contributed by atoms with Crippen LogP contribution in [0.2, 0.25) is 0 Å². The third-order valence-electron chi connectivity index (χ3n) is 5.82. The largest absolute Gasteiger partial charge is 0.494 e. The number of rotatable bonds is 5. The fourth-order valence-electron chi connectivity index (χ4n) is 4.37. The highest BCUT2D eigenvalue weighted by Crippen LogP contribution is 2.41. The van der Waals surface area contributed by atoms with Crippen molar-refractivity contribution in [2.45, 2.75) is 32.2 Å². The van der Waals surface area contributed by atoms with Gasteiger partial charge in [0.15, 0.2) is 5.78 Å². The molecule has 2 N–H and O–H groups in total. The number of amides is 1. The van der Waals surface area contributed by atoms with Crippen LogP contribution in [0.15, 0.2) is 72.1 Å². The second kappa shape index (κ2) is 8.34. The molecule has 0 radical (unpaired) electrons. The Labute approximate surface area is 186 Å². The second-order valence-electron chi connectivity index (χ2n) is 7.87. The van der Waals surface area contributed by atoms with Crippen LogP contribution >= 0.6 is 0 Å². The maximum absolute atomic E-state index is 13.1. The van der Waals surface area contributed by atoms with Crippen molar-refractivity contribution in [2.75, 3.05) is 17.2 Å². The highest BCUT2D eigenvalue weighted by atomic mass is 16.5. The van der Waals surface area contributed by atoms with Crippen molar-refractivity contribution in [1.82, 2.24) is 9.78 Å². The summed E-state index contributed by atoms with van der Waals surface area (Å²) < 4.78 is 7.21. The molecule has 0 bridgehead atoms. The van der Waals surface area contributed by atoms with E-state index in [1.54, 1.807) is 23.0 Å².